The number of amides is 1. The molecule has 2 aromatic heterocycles. The lowest BCUT2D eigenvalue weighted by Gasteiger charge is -2.27. The van der Waals surface area contributed by atoms with Crippen LogP contribution in [0.25, 0.3) is 0 Å². The molecular weight excluding hydrogens is 298 g/mol. The Balaban J connectivity index is 2.00. The third-order valence-electron chi connectivity index (χ3n) is 3.36. The summed E-state index contributed by atoms with van der Waals surface area (Å²) in [6, 6.07) is 9.28. The van der Waals surface area contributed by atoms with Crippen molar-refractivity contribution in [3.8, 4) is 0 Å². The van der Waals surface area contributed by atoms with Gasteiger partial charge in [-0.1, -0.05) is 12.1 Å². The maximum absolute atomic E-state index is 12.4. The topological polar surface area (TPSA) is 54.5 Å². The number of methoxy groups -OCH3 is 1. The van der Waals surface area contributed by atoms with Gasteiger partial charge in [0.25, 0.3) is 0 Å². The number of thiophene rings is 1. The smallest absolute Gasteiger partial charge is 0.242 e. The van der Waals surface area contributed by atoms with Crippen LogP contribution < -0.4 is 5.32 Å². The molecule has 0 saturated heterocycles. The molecule has 0 aliphatic carbocycles. The summed E-state index contributed by atoms with van der Waals surface area (Å²) >= 11 is 1.69. The van der Waals surface area contributed by atoms with Gasteiger partial charge in [-0.15, -0.1) is 11.3 Å². The average molecular weight is 319 g/mol. The van der Waals surface area contributed by atoms with E-state index in [1.807, 2.05) is 30.5 Å². The van der Waals surface area contributed by atoms with Crippen molar-refractivity contribution in [2.75, 3.05) is 25.6 Å². The number of pyridine rings is 1. The van der Waals surface area contributed by atoms with E-state index in [4.69, 9.17) is 4.74 Å². The van der Waals surface area contributed by atoms with Gasteiger partial charge in [0.2, 0.25) is 5.91 Å². The first-order valence-corrected chi connectivity index (χ1v) is 8.06. The summed E-state index contributed by atoms with van der Waals surface area (Å²) in [7, 11) is 1.67. The predicted molar refractivity (Wildman–Crippen MR) is 88.9 cm³/mol. The standard InChI is InChI=1S/C16H21N3O2S/c1-13(16(20)18-15-7-3-4-8-17-15)19(9-10-21-2)12-14-6-5-11-22-14/h3-8,11,13H,9-10,12H2,1-2H3,(H,17,18,20)/t13-/m1/s1. The Morgan fingerprint density at radius 3 is 2.91 bits per heavy atom. The number of anilines is 1. The molecule has 0 radical (unpaired) electrons. The molecular formula is C16H21N3O2S. The fourth-order valence-corrected chi connectivity index (χ4v) is 2.78. The number of ether oxygens (including phenoxy) is 1. The number of rotatable bonds is 8. The molecule has 2 rings (SSSR count). The Hall–Kier alpha value is -1.76. The second kappa shape index (κ2) is 8.63. The summed E-state index contributed by atoms with van der Waals surface area (Å²) in [6.07, 6.45) is 1.66. The fourth-order valence-electron chi connectivity index (χ4n) is 2.05. The minimum absolute atomic E-state index is 0.0636. The van der Waals surface area contributed by atoms with E-state index in [9.17, 15) is 4.79 Å². The highest BCUT2D eigenvalue weighted by atomic mass is 32.1. The van der Waals surface area contributed by atoms with Gasteiger partial charge < -0.3 is 10.1 Å². The normalized spacial score (nSPS) is 12.3. The van der Waals surface area contributed by atoms with Crippen LogP contribution in [0.1, 0.15) is 11.8 Å². The minimum Gasteiger partial charge on any atom is -0.383 e. The molecule has 0 spiro atoms. The van der Waals surface area contributed by atoms with Gasteiger partial charge in [0.15, 0.2) is 0 Å². The summed E-state index contributed by atoms with van der Waals surface area (Å²) in [5.41, 5.74) is 0. The first-order chi connectivity index (χ1) is 10.7. The minimum atomic E-state index is -0.265. The van der Waals surface area contributed by atoms with E-state index in [0.29, 0.717) is 19.0 Å². The van der Waals surface area contributed by atoms with Gasteiger partial charge >= 0.3 is 0 Å². The number of carbonyl (C=O) groups is 1. The summed E-state index contributed by atoms with van der Waals surface area (Å²) < 4.78 is 5.16. The Kier molecular flexibility index (Phi) is 6.51. The van der Waals surface area contributed by atoms with Crippen LogP contribution >= 0.6 is 11.3 Å². The second-order valence-corrected chi connectivity index (χ2v) is 5.96. The van der Waals surface area contributed by atoms with Gasteiger partial charge in [0.05, 0.1) is 12.6 Å². The third-order valence-corrected chi connectivity index (χ3v) is 4.23. The lowest BCUT2D eigenvalue weighted by atomic mass is 10.2. The molecule has 0 fully saturated rings. The molecule has 22 heavy (non-hydrogen) atoms. The van der Waals surface area contributed by atoms with Crippen molar-refractivity contribution in [2.45, 2.75) is 19.5 Å². The molecule has 2 heterocycles. The molecule has 0 unspecified atom stereocenters. The van der Waals surface area contributed by atoms with Gasteiger partial charge in [-0.05, 0) is 30.5 Å². The first-order valence-electron chi connectivity index (χ1n) is 7.18. The molecule has 118 valence electrons. The van der Waals surface area contributed by atoms with Crippen molar-refractivity contribution in [2.24, 2.45) is 0 Å². The highest BCUT2D eigenvalue weighted by molar-refractivity contribution is 7.09. The monoisotopic (exact) mass is 319 g/mol. The highest BCUT2D eigenvalue weighted by Gasteiger charge is 2.22. The van der Waals surface area contributed by atoms with Crippen molar-refractivity contribution in [1.29, 1.82) is 0 Å². The number of nitrogens with zero attached hydrogens (tertiary/aromatic N) is 2. The molecule has 0 aliphatic rings. The fraction of sp³-hybridized carbons (Fsp3) is 0.375. The van der Waals surface area contributed by atoms with E-state index in [-0.39, 0.29) is 11.9 Å². The average Bonchev–Trinajstić information content (AvgIpc) is 3.04. The van der Waals surface area contributed by atoms with Gasteiger partial charge in [-0.2, -0.15) is 0 Å². The van der Waals surface area contributed by atoms with Crippen molar-refractivity contribution in [3.05, 3.63) is 46.8 Å². The number of aromatic nitrogens is 1. The van der Waals surface area contributed by atoms with Gasteiger partial charge in [0, 0.05) is 31.3 Å². The van der Waals surface area contributed by atoms with Crippen LogP contribution in [0.3, 0.4) is 0 Å². The van der Waals surface area contributed by atoms with Crippen molar-refractivity contribution < 1.29 is 9.53 Å². The quantitative estimate of drug-likeness (QED) is 0.812. The van der Waals surface area contributed by atoms with Crippen molar-refractivity contribution in [1.82, 2.24) is 9.88 Å². The number of nitrogens with one attached hydrogen (secondary N) is 1. The second-order valence-electron chi connectivity index (χ2n) is 4.92. The maximum Gasteiger partial charge on any atom is 0.242 e. The van der Waals surface area contributed by atoms with Gasteiger partial charge in [-0.3, -0.25) is 9.69 Å². The van der Waals surface area contributed by atoms with E-state index in [0.717, 1.165) is 6.54 Å². The summed E-state index contributed by atoms with van der Waals surface area (Å²) in [5.74, 6) is 0.508. The molecule has 0 bridgehead atoms. The zero-order valence-corrected chi connectivity index (χ0v) is 13.7. The Bertz CT molecular complexity index is 560. The predicted octanol–water partition coefficient (Wildman–Crippen LogP) is 2.62. The zero-order chi connectivity index (χ0) is 15.8. The van der Waals surface area contributed by atoms with Gasteiger partial charge in [0.1, 0.15) is 5.82 Å². The molecule has 1 N–H and O–H groups in total. The number of hydrogen-bond donors (Lipinski definition) is 1. The molecule has 1 amide bonds. The highest BCUT2D eigenvalue weighted by Crippen LogP contribution is 2.14. The molecule has 0 aliphatic heterocycles. The molecule has 0 saturated carbocycles. The van der Waals surface area contributed by atoms with Crippen LogP contribution in [-0.2, 0) is 16.1 Å². The van der Waals surface area contributed by atoms with Crippen molar-refractivity contribution in [3.63, 3.8) is 0 Å². The summed E-state index contributed by atoms with van der Waals surface area (Å²) in [5, 5.41) is 4.89. The van der Waals surface area contributed by atoms with Crippen LogP contribution in [0.15, 0.2) is 41.9 Å². The first kappa shape index (κ1) is 16.6. The number of carbonyl (C=O) groups excluding carboxylic acids is 1. The van der Waals surface area contributed by atoms with E-state index < -0.39 is 0 Å². The van der Waals surface area contributed by atoms with Crippen LogP contribution in [0, 0.1) is 0 Å². The van der Waals surface area contributed by atoms with E-state index in [2.05, 4.69) is 21.3 Å². The SMILES string of the molecule is COCCN(Cc1cccs1)[C@H](C)C(=O)Nc1ccccn1. The molecule has 6 heteroatoms. The largest absolute Gasteiger partial charge is 0.383 e. The van der Waals surface area contributed by atoms with Crippen LogP contribution in [0.5, 0.6) is 0 Å². The van der Waals surface area contributed by atoms with Crippen LogP contribution in [0.4, 0.5) is 5.82 Å². The molecule has 1 atom stereocenters. The van der Waals surface area contributed by atoms with E-state index in [1.165, 1.54) is 4.88 Å². The molecule has 2 aromatic rings. The summed E-state index contributed by atoms with van der Waals surface area (Å²) in [4.78, 5) is 19.9. The lowest BCUT2D eigenvalue weighted by molar-refractivity contribution is -0.121. The van der Waals surface area contributed by atoms with E-state index >= 15 is 0 Å². The van der Waals surface area contributed by atoms with Gasteiger partial charge in [-0.25, -0.2) is 4.98 Å². The molecule has 5 nitrogen and oxygen atoms in total. The van der Waals surface area contributed by atoms with Crippen molar-refractivity contribution >= 4 is 23.1 Å². The maximum atomic E-state index is 12.4. The Labute approximate surface area is 134 Å². The lowest BCUT2D eigenvalue weighted by Crippen LogP contribution is -2.43. The summed E-state index contributed by atoms with van der Waals surface area (Å²) in [6.45, 7) is 3.93. The van der Waals surface area contributed by atoms with Crippen LogP contribution in [0.2, 0.25) is 0 Å². The molecule has 0 aromatic carbocycles. The Morgan fingerprint density at radius 2 is 2.27 bits per heavy atom. The number of hydrogen-bond acceptors (Lipinski definition) is 5. The Morgan fingerprint density at radius 1 is 1.41 bits per heavy atom. The van der Waals surface area contributed by atoms with E-state index in [1.54, 1.807) is 30.7 Å². The third kappa shape index (κ3) is 4.91. The van der Waals surface area contributed by atoms with Crippen LogP contribution in [-0.4, -0.2) is 42.1 Å². The zero-order valence-electron chi connectivity index (χ0n) is 12.9.